The zero-order valence-corrected chi connectivity index (χ0v) is 13.4. The fourth-order valence-electron chi connectivity index (χ4n) is 1.94. The number of benzene rings is 1. The summed E-state index contributed by atoms with van der Waals surface area (Å²) in [7, 11) is 0. The number of nitrogens with two attached hydrogens (primary N) is 1. The van der Waals surface area contributed by atoms with Crippen molar-refractivity contribution in [1.29, 1.82) is 0 Å². The van der Waals surface area contributed by atoms with Crippen LogP contribution >= 0.6 is 11.8 Å². The zero-order valence-electron chi connectivity index (χ0n) is 12.6. The summed E-state index contributed by atoms with van der Waals surface area (Å²) in [6.07, 6.45) is 0. The molecule has 2 aromatic rings. The first kappa shape index (κ1) is 15.1. The zero-order chi connectivity index (χ0) is 14.8. The minimum Gasteiger partial charge on any atom is -0.326 e. The predicted octanol–water partition coefficient (Wildman–Crippen LogP) is 4.30. The van der Waals surface area contributed by atoms with E-state index in [0.717, 1.165) is 16.3 Å². The van der Waals surface area contributed by atoms with E-state index < -0.39 is 0 Å². The van der Waals surface area contributed by atoms with Crippen LogP contribution < -0.4 is 5.73 Å². The Morgan fingerprint density at radius 3 is 2.25 bits per heavy atom. The summed E-state index contributed by atoms with van der Waals surface area (Å²) >= 11 is 1.68. The molecule has 20 heavy (non-hydrogen) atoms. The fourth-order valence-corrected chi connectivity index (χ4v) is 2.91. The van der Waals surface area contributed by atoms with Gasteiger partial charge >= 0.3 is 0 Å². The first-order chi connectivity index (χ1) is 9.40. The number of aryl methyl sites for hydroxylation is 1. The highest BCUT2D eigenvalue weighted by Gasteiger charge is 2.13. The van der Waals surface area contributed by atoms with Gasteiger partial charge in [0.25, 0.3) is 0 Å². The van der Waals surface area contributed by atoms with E-state index in [1.165, 1.54) is 10.5 Å². The minimum atomic E-state index is 0.188. The van der Waals surface area contributed by atoms with Gasteiger partial charge in [-0.2, -0.15) is 0 Å². The Bertz CT molecular complexity index is 583. The first-order valence-electron chi connectivity index (χ1n) is 6.85. The molecule has 0 aliphatic rings. The molecule has 0 saturated carbocycles. The third kappa shape index (κ3) is 3.62. The van der Waals surface area contributed by atoms with E-state index in [-0.39, 0.29) is 5.41 Å². The number of hydrogen-bond acceptors (Lipinski definition) is 3. The van der Waals surface area contributed by atoms with Crippen molar-refractivity contribution in [1.82, 2.24) is 4.98 Å². The van der Waals surface area contributed by atoms with Crippen molar-refractivity contribution in [2.75, 3.05) is 0 Å². The highest BCUT2D eigenvalue weighted by molar-refractivity contribution is 7.99. The Labute approximate surface area is 125 Å². The quantitative estimate of drug-likeness (QED) is 0.914. The van der Waals surface area contributed by atoms with Gasteiger partial charge in [0, 0.05) is 17.1 Å². The number of rotatable bonds is 3. The smallest absolute Gasteiger partial charge is 0.106 e. The van der Waals surface area contributed by atoms with Crippen LogP contribution in [0.5, 0.6) is 0 Å². The van der Waals surface area contributed by atoms with E-state index in [0.29, 0.717) is 6.54 Å². The molecule has 0 saturated heterocycles. The number of aromatic nitrogens is 1. The lowest BCUT2D eigenvalue weighted by Gasteiger charge is -2.19. The van der Waals surface area contributed by atoms with Crippen LogP contribution in [0.3, 0.4) is 0 Å². The van der Waals surface area contributed by atoms with E-state index in [2.05, 4.69) is 56.1 Å². The van der Waals surface area contributed by atoms with Crippen LogP contribution in [0.4, 0.5) is 0 Å². The summed E-state index contributed by atoms with van der Waals surface area (Å²) in [6, 6.07) is 12.8. The van der Waals surface area contributed by atoms with E-state index >= 15 is 0 Å². The Morgan fingerprint density at radius 2 is 1.70 bits per heavy atom. The average Bonchev–Trinajstić information content (AvgIpc) is 2.38. The monoisotopic (exact) mass is 286 g/mol. The molecule has 1 aromatic carbocycles. The molecule has 0 bridgehead atoms. The maximum atomic E-state index is 5.78. The predicted molar refractivity (Wildman–Crippen MR) is 86.1 cm³/mol. The van der Waals surface area contributed by atoms with Crippen molar-refractivity contribution in [3.05, 3.63) is 53.2 Å². The minimum absolute atomic E-state index is 0.188. The molecular weight excluding hydrogens is 264 g/mol. The van der Waals surface area contributed by atoms with Crippen LogP contribution in [0.2, 0.25) is 0 Å². The van der Waals surface area contributed by atoms with Crippen LogP contribution in [-0.2, 0) is 12.0 Å². The largest absolute Gasteiger partial charge is 0.326 e. The van der Waals surface area contributed by atoms with Crippen LogP contribution in [0.25, 0.3) is 0 Å². The number of hydrogen-bond donors (Lipinski definition) is 1. The molecule has 0 fully saturated rings. The standard InChI is InChI=1S/C17H22N2S/c1-12-5-6-13(11-18)16(19-12)20-15-9-7-14(8-10-15)17(2,3)4/h5-10H,11,18H2,1-4H3. The average molecular weight is 286 g/mol. The van der Waals surface area contributed by atoms with E-state index in [1.807, 2.05) is 13.0 Å². The van der Waals surface area contributed by atoms with Gasteiger partial charge in [0.1, 0.15) is 5.03 Å². The van der Waals surface area contributed by atoms with E-state index in [1.54, 1.807) is 11.8 Å². The van der Waals surface area contributed by atoms with Gasteiger partial charge < -0.3 is 5.73 Å². The van der Waals surface area contributed by atoms with E-state index in [4.69, 9.17) is 5.73 Å². The maximum absolute atomic E-state index is 5.78. The van der Waals surface area contributed by atoms with Crippen molar-refractivity contribution < 1.29 is 0 Å². The molecule has 0 amide bonds. The number of pyridine rings is 1. The molecule has 3 heteroatoms. The fraction of sp³-hybridized carbons (Fsp3) is 0.353. The second kappa shape index (κ2) is 5.98. The van der Waals surface area contributed by atoms with Gasteiger partial charge in [-0.05, 0) is 41.7 Å². The molecule has 0 unspecified atom stereocenters. The summed E-state index contributed by atoms with van der Waals surface area (Å²) in [5, 5.41) is 1.01. The highest BCUT2D eigenvalue weighted by Crippen LogP contribution is 2.31. The van der Waals surface area contributed by atoms with Crippen molar-refractivity contribution >= 4 is 11.8 Å². The maximum Gasteiger partial charge on any atom is 0.106 e. The Balaban J connectivity index is 2.24. The second-order valence-electron chi connectivity index (χ2n) is 6.00. The van der Waals surface area contributed by atoms with Crippen molar-refractivity contribution in [2.24, 2.45) is 5.73 Å². The Hall–Kier alpha value is -1.32. The third-order valence-corrected chi connectivity index (χ3v) is 4.29. The Kier molecular flexibility index (Phi) is 4.51. The van der Waals surface area contributed by atoms with Crippen LogP contribution in [-0.4, -0.2) is 4.98 Å². The molecule has 0 aliphatic carbocycles. The molecule has 2 N–H and O–H groups in total. The third-order valence-electron chi connectivity index (χ3n) is 3.23. The number of nitrogens with zero attached hydrogens (tertiary/aromatic N) is 1. The highest BCUT2D eigenvalue weighted by atomic mass is 32.2. The van der Waals surface area contributed by atoms with Gasteiger partial charge in [-0.3, -0.25) is 0 Å². The van der Waals surface area contributed by atoms with Crippen LogP contribution in [0.15, 0.2) is 46.3 Å². The normalized spacial score (nSPS) is 11.7. The molecule has 0 radical (unpaired) electrons. The van der Waals surface area contributed by atoms with Gasteiger partial charge in [0.05, 0.1) is 0 Å². The van der Waals surface area contributed by atoms with Gasteiger partial charge in [0.2, 0.25) is 0 Å². The molecule has 2 rings (SSSR count). The van der Waals surface area contributed by atoms with Crippen molar-refractivity contribution in [3.8, 4) is 0 Å². The van der Waals surface area contributed by atoms with Gasteiger partial charge in [-0.25, -0.2) is 4.98 Å². The second-order valence-corrected chi connectivity index (χ2v) is 7.06. The molecule has 106 valence electrons. The SMILES string of the molecule is Cc1ccc(CN)c(Sc2ccc(C(C)(C)C)cc2)n1. The molecule has 0 spiro atoms. The summed E-state index contributed by atoms with van der Waals surface area (Å²) in [5.41, 5.74) is 9.44. The molecule has 0 atom stereocenters. The molecule has 0 aliphatic heterocycles. The molecule has 1 aromatic heterocycles. The van der Waals surface area contributed by atoms with Crippen molar-refractivity contribution in [2.45, 2.75) is 49.6 Å². The lowest BCUT2D eigenvalue weighted by atomic mass is 9.87. The lowest BCUT2D eigenvalue weighted by molar-refractivity contribution is 0.590. The molecular formula is C17H22N2S. The van der Waals surface area contributed by atoms with Gasteiger partial charge in [0.15, 0.2) is 0 Å². The van der Waals surface area contributed by atoms with Crippen LogP contribution in [0.1, 0.15) is 37.6 Å². The van der Waals surface area contributed by atoms with Gasteiger partial charge in [-0.15, -0.1) is 0 Å². The Morgan fingerprint density at radius 1 is 1.05 bits per heavy atom. The van der Waals surface area contributed by atoms with Crippen molar-refractivity contribution in [3.63, 3.8) is 0 Å². The van der Waals surface area contributed by atoms with E-state index in [9.17, 15) is 0 Å². The first-order valence-corrected chi connectivity index (χ1v) is 7.67. The lowest BCUT2D eigenvalue weighted by Crippen LogP contribution is -2.10. The summed E-state index contributed by atoms with van der Waals surface area (Å²) in [5.74, 6) is 0. The molecule has 1 heterocycles. The van der Waals surface area contributed by atoms with Gasteiger partial charge in [-0.1, -0.05) is 50.7 Å². The van der Waals surface area contributed by atoms with Crippen LogP contribution in [0, 0.1) is 6.92 Å². The topological polar surface area (TPSA) is 38.9 Å². The summed E-state index contributed by atoms with van der Waals surface area (Å²) in [4.78, 5) is 5.79. The summed E-state index contributed by atoms with van der Waals surface area (Å²) < 4.78 is 0. The summed E-state index contributed by atoms with van der Waals surface area (Å²) in [6.45, 7) is 9.21. The molecule has 2 nitrogen and oxygen atoms in total.